The Bertz CT molecular complexity index is 234. The summed E-state index contributed by atoms with van der Waals surface area (Å²) in [7, 11) is 1.71. The van der Waals surface area contributed by atoms with Gasteiger partial charge in [-0.1, -0.05) is 13.3 Å². The lowest BCUT2D eigenvalue weighted by Gasteiger charge is -2.16. The summed E-state index contributed by atoms with van der Waals surface area (Å²) < 4.78 is 5.12. The van der Waals surface area contributed by atoms with E-state index in [0.29, 0.717) is 12.6 Å². The van der Waals surface area contributed by atoms with E-state index in [9.17, 15) is 0 Å². The molecule has 1 unspecified atom stereocenters. The van der Waals surface area contributed by atoms with Crippen LogP contribution in [0.3, 0.4) is 0 Å². The van der Waals surface area contributed by atoms with Gasteiger partial charge < -0.3 is 10.1 Å². The molecule has 0 saturated carbocycles. The lowest BCUT2D eigenvalue weighted by atomic mass is 10.2. The average Bonchev–Trinajstić information content (AvgIpc) is 2.20. The van der Waals surface area contributed by atoms with E-state index >= 15 is 0 Å². The van der Waals surface area contributed by atoms with Gasteiger partial charge >= 0.3 is 0 Å². The van der Waals surface area contributed by atoms with Gasteiger partial charge in [-0.3, -0.25) is 0 Å². The van der Waals surface area contributed by atoms with Gasteiger partial charge in [-0.25, -0.2) is 0 Å². The molecule has 1 aromatic rings. The van der Waals surface area contributed by atoms with E-state index in [1.165, 1.54) is 0 Å². The first-order valence-electron chi connectivity index (χ1n) is 4.90. The third-order valence-electron chi connectivity index (χ3n) is 1.93. The smallest absolute Gasteiger partial charge is 0.148 e. The van der Waals surface area contributed by atoms with E-state index < -0.39 is 0 Å². The third kappa shape index (κ3) is 3.70. The molecule has 1 rings (SSSR count). The van der Waals surface area contributed by atoms with Crippen LogP contribution in [-0.2, 0) is 4.74 Å². The van der Waals surface area contributed by atoms with Crippen LogP contribution in [0.15, 0.2) is 18.3 Å². The zero-order valence-corrected chi connectivity index (χ0v) is 8.73. The molecule has 4 heteroatoms. The van der Waals surface area contributed by atoms with Gasteiger partial charge in [0.05, 0.1) is 12.6 Å². The van der Waals surface area contributed by atoms with Crippen LogP contribution in [0.2, 0.25) is 0 Å². The van der Waals surface area contributed by atoms with Gasteiger partial charge in [0.1, 0.15) is 5.82 Å². The normalized spacial score (nSPS) is 12.4. The molecule has 0 fully saturated rings. The molecule has 1 atom stereocenters. The van der Waals surface area contributed by atoms with Crippen molar-refractivity contribution < 1.29 is 4.74 Å². The highest BCUT2D eigenvalue weighted by Crippen LogP contribution is 2.06. The molecule has 0 aromatic carbocycles. The van der Waals surface area contributed by atoms with Crippen LogP contribution in [0.1, 0.15) is 19.8 Å². The summed E-state index contributed by atoms with van der Waals surface area (Å²) in [5, 5.41) is 11.1. The minimum absolute atomic E-state index is 0.321. The van der Waals surface area contributed by atoms with E-state index in [-0.39, 0.29) is 0 Å². The first kappa shape index (κ1) is 10.9. The molecule has 0 radical (unpaired) electrons. The number of hydrogen-bond donors (Lipinski definition) is 1. The summed E-state index contributed by atoms with van der Waals surface area (Å²) in [6.45, 7) is 2.85. The van der Waals surface area contributed by atoms with Crippen LogP contribution in [0.25, 0.3) is 0 Å². The topological polar surface area (TPSA) is 47.0 Å². The van der Waals surface area contributed by atoms with Gasteiger partial charge in [0.2, 0.25) is 0 Å². The van der Waals surface area contributed by atoms with E-state index in [0.717, 1.165) is 18.7 Å². The third-order valence-corrected chi connectivity index (χ3v) is 1.93. The number of nitrogens with one attached hydrogen (secondary N) is 1. The molecule has 0 spiro atoms. The van der Waals surface area contributed by atoms with Crippen LogP contribution >= 0.6 is 0 Å². The van der Waals surface area contributed by atoms with Crippen LogP contribution in [0.4, 0.5) is 5.82 Å². The fraction of sp³-hybridized carbons (Fsp3) is 0.600. The van der Waals surface area contributed by atoms with Crippen molar-refractivity contribution >= 4 is 5.82 Å². The maximum absolute atomic E-state index is 5.12. The fourth-order valence-corrected chi connectivity index (χ4v) is 1.33. The zero-order chi connectivity index (χ0) is 10.2. The number of hydrogen-bond acceptors (Lipinski definition) is 4. The largest absolute Gasteiger partial charge is 0.383 e. The van der Waals surface area contributed by atoms with Crippen molar-refractivity contribution in [2.24, 2.45) is 0 Å². The van der Waals surface area contributed by atoms with Gasteiger partial charge in [-0.2, -0.15) is 5.10 Å². The Morgan fingerprint density at radius 3 is 3.00 bits per heavy atom. The van der Waals surface area contributed by atoms with Gasteiger partial charge in [-0.15, -0.1) is 5.10 Å². The molecule has 1 heterocycles. The van der Waals surface area contributed by atoms with Crippen molar-refractivity contribution in [1.82, 2.24) is 10.2 Å². The summed E-state index contributed by atoms with van der Waals surface area (Å²) in [5.74, 6) is 0.808. The predicted octanol–water partition coefficient (Wildman–Crippen LogP) is 1.70. The fourth-order valence-electron chi connectivity index (χ4n) is 1.33. The molecule has 0 aliphatic carbocycles. The van der Waals surface area contributed by atoms with Crippen LogP contribution in [0, 0.1) is 0 Å². The highest BCUT2D eigenvalue weighted by Gasteiger charge is 2.07. The van der Waals surface area contributed by atoms with Crippen LogP contribution < -0.4 is 5.32 Å². The van der Waals surface area contributed by atoms with Crippen molar-refractivity contribution in [2.75, 3.05) is 19.0 Å². The number of rotatable bonds is 6. The summed E-state index contributed by atoms with van der Waals surface area (Å²) >= 11 is 0. The number of ether oxygens (including phenoxy) is 1. The Hall–Kier alpha value is -1.16. The second-order valence-electron chi connectivity index (χ2n) is 3.19. The molecular weight excluding hydrogens is 178 g/mol. The molecule has 4 nitrogen and oxygen atoms in total. The minimum atomic E-state index is 0.321. The first-order chi connectivity index (χ1) is 6.86. The van der Waals surface area contributed by atoms with Crippen molar-refractivity contribution in [2.45, 2.75) is 25.8 Å². The standard InChI is InChI=1S/C10H17N3O/c1-3-5-9(8-14-2)12-10-6-4-7-11-13-10/h4,6-7,9H,3,5,8H2,1-2H3,(H,12,13). The Kier molecular flexibility index (Phi) is 4.93. The monoisotopic (exact) mass is 195 g/mol. The number of aromatic nitrogens is 2. The van der Waals surface area contributed by atoms with Crippen LogP contribution in [0.5, 0.6) is 0 Å². The first-order valence-corrected chi connectivity index (χ1v) is 4.90. The average molecular weight is 195 g/mol. The van der Waals surface area contributed by atoms with Crippen molar-refractivity contribution in [3.8, 4) is 0 Å². The predicted molar refractivity (Wildman–Crippen MR) is 56.2 cm³/mol. The molecule has 78 valence electrons. The Morgan fingerprint density at radius 2 is 2.43 bits per heavy atom. The maximum Gasteiger partial charge on any atom is 0.148 e. The molecule has 0 saturated heterocycles. The summed E-state index contributed by atoms with van der Waals surface area (Å²) in [5.41, 5.74) is 0. The SMILES string of the molecule is CCCC(COC)Nc1cccnn1. The van der Waals surface area contributed by atoms with E-state index in [4.69, 9.17) is 4.74 Å². The van der Waals surface area contributed by atoms with Crippen molar-refractivity contribution in [3.63, 3.8) is 0 Å². The molecule has 14 heavy (non-hydrogen) atoms. The van der Waals surface area contributed by atoms with Crippen molar-refractivity contribution in [3.05, 3.63) is 18.3 Å². The molecule has 1 N–H and O–H groups in total. The highest BCUT2D eigenvalue weighted by atomic mass is 16.5. The quantitative estimate of drug-likeness (QED) is 0.750. The Morgan fingerprint density at radius 1 is 1.57 bits per heavy atom. The molecule has 0 aliphatic heterocycles. The molecule has 0 bridgehead atoms. The molecular formula is C10H17N3O. The number of methoxy groups -OCH3 is 1. The minimum Gasteiger partial charge on any atom is -0.383 e. The number of nitrogens with zero attached hydrogens (tertiary/aromatic N) is 2. The van der Waals surface area contributed by atoms with Gasteiger partial charge in [0.15, 0.2) is 0 Å². The van der Waals surface area contributed by atoms with Gasteiger partial charge in [0.25, 0.3) is 0 Å². The van der Waals surface area contributed by atoms with E-state index in [2.05, 4.69) is 22.4 Å². The summed E-state index contributed by atoms with van der Waals surface area (Å²) in [6.07, 6.45) is 3.86. The van der Waals surface area contributed by atoms with Crippen LogP contribution in [-0.4, -0.2) is 30.0 Å². The Labute approximate surface area is 84.7 Å². The molecule has 0 amide bonds. The number of anilines is 1. The maximum atomic E-state index is 5.12. The lowest BCUT2D eigenvalue weighted by molar-refractivity contribution is 0.182. The molecule has 0 aliphatic rings. The second kappa shape index (κ2) is 6.32. The van der Waals surface area contributed by atoms with Gasteiger partial charge in [0, 0.05) is 13.3 Å². The molecule has 1 aromatic heterocycles. The van der Waals surface area contributed by atoms with Gasteiger partial charge in [-0.05, 0) is 18.6 Å². The summed E-state index contributed by atoms with van der Waals surface area (Å²) in [4.78, 5) is 0. The Balaban J connectivity index is 2.46. The van der Waals surface area contributed by atoms with E-state index in [1.54, 1.807) is 13.3 Å². The second-order valence-corrected chi connectivity index (χ2v) is 3.19. The summed E-state index contributed by atoms with van der Waals surface area (Å²) in [6, 6.07) is 4.10. The van der Waals surface area contributed by atoms with E-state index in [1.807, 2.05) is 12.1 Å². The lowest BCUT2D eigenvalue weighted by Crippen LogP contribution is -2.25. The zero-order valence-electron chi connectivity index (χ0n) is 8.73. The van der Waals surface area contributed by atoms with Crippen molar-refractivity contribution in [1.29, 1.82) is 0 Å². The highest BCUT2D eigenvalue weighted by molar-refractivity contribution is 5.32.